The predicted molar refractivity (Wildman–Crippen MR) is 64.4 cm³/mol. The van der Waals surface area contributed by atoms with Gasteiger partial charge in [-0.2, -0.15) is 0 Å². The van der Waals surface area contributed by atoms with Gasteiger partial charge in [-0.25, -0.2) is 4.98 Å². The second-order valence-corrected chi connectivity index (χ2v) is 4.06. The summed E-state index contributed by atoms with van der Waals surface area (Å²) in [6.07, 6.45) is 10.1. The molecule has 0 fully saturated rings. The van der Waals surface area contributed by atoms with Crippen molar-refractivity contribution in [2.24, 2.45) is 0 Å². The molecule has 0 saturated carbocycles. The van der Waals surface area contributed by atoms with Crippen LogP contribution in [0.3, 0.4) is 0 Å². The number of ether oxygens (including phenoxy) is 1. The third kappa shape index (κ3) is 3.07. The maximum atomic E-state index is 5.02. The van der Waals surface area contributed by atoms with E-state index in [1.54, 1.807) is 7.11 Å². The molecule has 0 aromatic carbocycles. The Labute approximate surface area is 96.5 Å². The Morgan fingerprint density at radius 2 is 2.44 bits per heavy atom. The molecule has 1 aliphatic rings. The zero-order valence-electron chi connectivity index (χ0n) is 9.65. The van der Waals surface area contributed by atoms with Crippen LogP contribution in [-0.4, -0.2) is 18.1 Å². The van der Waals surface area contributed by atoms with Crippen LogP contribution in [0.25, 0.3) is 0 Å². The van der Waals surface area contributed by atoms with E-state index < -0.39 is 0 Å². The number of aromatic nitrogens is 1. The summed E-state index contributed by atoms with van der Waals surface area (Å²) in [6.45, 7) is 0.867. The third-order valence-corrected chi connectivity index (χ3v) is 2.83. The molecule has 0 aliphatic heterocycles. The van der Waals surface area contributed by atoms with Crippen LogP contribution >= 0.6 is 0 Å². The Morgan fingerprint density at radius 1 is 1.50 bits per heavy atom. The molecular weight excluding hydrogens is 200 g/mol. The maximum Gasteiger partial charge on any atom is 0.212 e. The van der Waals surface area contributed by atoms with Gasteiger partial charge in [0.2, 0.25) is 5.88 Å². The standard InChI is InChI=1S/C13H18N2O/c1-16-13-8-7-11(10-15-13)9-14-12-5-3-2-4-6-12/h3,5,7-8,10,12,14H,2,4,6,9H2,1H3. The lowest BCUT2D eigenvalue weighted by atomic mass is 10.0. The molecule has 0 bridgehead atoms. The van der Waals surface area contributed by atoms with Crippen LogP contribution in [0.15, 0.2) is 30.5 Å². The quantitative estimate of drug-likeness (QED) is 0.787. The van der Waals surface area contributed by atoms with Crippen LogP contribution in [0.5, 0.6) is 5.88 Å². The fraction of sp³-hybridized carbons (Fsp3) is 0.462. The van der Waals surface area contributed by atoms with Gasteiger partial charge in [-0.15, -0.1) is 0 Å². The molecule has 1 aliphatic carbocycles. The Balaban J connectivity index is 1.84. The summed E-state index contributed by atoms with van der Waals surface area (Å²) in [4.78, 5) is 4.18. The zero-order chi connectivity index (χ0) is 11.2. The highest BCUT2D eigenvalue weighted by Crippen LogP contribution is 2.11. The van der Waals surface area contributed by atoms with E-state index in [1.807, 2.05) is 18.3 Å². The van der Waals surface area contributed by atoms with Gasteiger partial charge < -0.3 is 10.1 Å². The van der Waals surface area contributed by atoms with Crippen molar-refractivity contribution in [2.45, 2.75) is 31.8 Å². The summed E-state index contributed by atoms with van der Waals surface area (Å²) < 4.78 is 5.02. The van der Waals surface area contributed by atoms with Crippen molar-refractivity contribution in [3.8, 4) is 5.88 Å². The van der Waals surface area contributed by atoms with Crippen molar-refractivity contribution in [1.29, 1.82) is 0 Å². The number of hydrogen-bond donors (Lipinski definition) is 1. The minimum Gasteiger partial charge on any atom is -0.481 e. The monoisotopic (exact) mass is 218 g/mol. The highest BCUT2D eigenvalue weighted by molar-refractivity contribution is 5.17. The Morgan fingerprint density at radius 3 is 3.06 bits per heavy atom. The maximum absolute atomic E-state index is 5.02. The summed E-state index contributed by atoms with van der Waals surface area (Å²) in [7, 11) is 1.63. The Kier molecular flexibility index (Phi) is 3.94. The first-order valence-electron chi connectivity index (χ1n) is 5.77. The summed E-state index contributed by atoms with van der Waals surface area (Å²) in [6, 6.07) is 4.47. The molecule has 86 valence electrons. The predicted octanol–water partition coefficient (Wildman–Crippen LogP) is 2.29. The smallest absolute Gasteiger partial charge is 0.212 e. The molecule has 0 saturated heterocycles. The number of methoxy groups -OCH3 is 1. The topological polar surface area (TPSA) is 34.1 Å². The number of hydrogen-bond acceptors (Lipinski definition) is 3. The average Bonchev–Trinajstić information content (AvgIpc) is 2.38. The molecule has 1 aromatic rings. The molecule has 1 atom stereocenters. The molecule has 0 amide bonds. The van der Waals surface area contributed by atoms with E-state index in [-0.39, 0.29) is 0 Å². The summed E-state index contributed by atoms with van der Waals surface area (Å²) in [5.74, 6) is 0.668. The number of nitrogens with zero attached hydrogens (tertiary/aromatic N) is 1. The lowest BCUT2D eigenvalue weighted by molar-refractivity contribution is 0.397. The molecule has 3 nitrogen and oxygen atoms in total. The highest BCUT2D eigenvalue weighted by atomic mass is 16.5. The van der Waals surface area contributed by atoms with Crippen LogP contribution in [0, 0.1) is 0 Å². The van der Waals surface area contributed by atoms with Gasteiger partial charge in [-0.05, 0) is 24.8 Å². The first-order chi connectivity index (χ1) is 7.88. The number of rotatable bonds is 4. The first-order valence-corrected chi connectivity index (χ1v) is 5.77. The largest absolute Gasteiger partial charge is 0.481 e. The third-order valence-electron chi connectivity index (χ3n) is 2.83. The SMILES string of the molecule is COc1ccc(CNC2C=CCCC2)cn1. The number of pyridine rings is 1. The molecule has 1 N–H and O–H groups in total. The number of nitrogens with one attached hydrogen (secondary N) is 1. The van der Waals surface area contributed by atoms with E-state index in [0.29, 0.717) is 11.9 Å². The summed E-state index contributed by atoms with van der Waals surface area (Å²) in [5.41, 5.74) is 1.19. The second kappa shape index (κ2) is 5.66. The van der Waals surface area contributed by atoms with E-state index >= 15 is 0 Å². The first kappa shape index (κ1) is 11.1. The van der Waals surface area contributed by atoms with Gasteiger partial charge in [0.05, 0.1) is 7.11 Å². The van der Waals surface area contributed by atoms with Crippen molar-refractivity contribution >= 4 is 0 Å². The second-order valence-electron chi connectivity index (χ2n) is 4.06. The van der Waals surface area contributed by atoms with Crippen molar-refractivity contribution in [3.63, 3.8) is 0 Å². The fourth-order valence-electron chi connectivity index (χ4n) is 1.87. The van der Waals surface area contributed by atoms with Gasteiger partial charge in [0.1, 0.15) is 0 Å². The van der Waals surface area contributed by atoms with E-state index in [1.165, 1.54) is 24.8 Å². The van der Waals surface area contributed by atoms with Gasteiger partial charge in [0.15, 0.2) is 0 Å². The van der Waals surface area contributed by atoms with E-state index in [2.05, 4.69) is 22.5 Å². The molecule has 0 spiro atoms. The highest BCUT2D eigenvalue weighted by Gasteiger charge is 2.07. The molecule has 1 aromatic heterocycles. The van der Waals surface area contributed by atoms with Crippen LogP contribution < -0.4 is 10.1 Å². The summed E-state index contributed by atoms with van der Waals surface area (Å²) >= 11 is 0. The Hall–Kier alpha value is -1.35. The minimum absolute atomic E-state index is 0.524. The molecule has 16 heavy (non-hydrogen) atoms. The van der Waals surface area contributed by atoms with Crippen LogP contribution in [0.2, 0.25) is 0 Å². The van der Waals surface area contributed by atoms with Crippen LogP contribution in [-0.2, 0) is 6.54 Å². The molecule has 2 rings (SSSR count). The van der Waals surface area contributed by atoms with E-state index in [9.17, 15) is 0 Å². The van der Waals surface area contributed by atoms with Crippen molar-refractivity contribution in [1.82, 2.24) is 10.3 Å². The van der Waals surface area contributed by atoms with Crippen molar-refractivity contribution < 1.29 is 4.74 Å². The molecule has 3 heteroatoms. The summed E-state index contributed by atoms with van der Waals surface area (Å²) in [5, 5.41) is 3.51. The van der Waals surface area contributed by atoms with E-state index in [4.69, 9.17) is 4.74 Å². The zero-order valence-corrected chi connectivity index (χ0v) is 9.65. The normalized spacial score (nSPS) is 19.7. The van der Waals surface area contributed by atoms with Crippen LogP contribution in [0.4, 0.5) is 0 Å². The minimum atomic E-state index is 0.524. The molecule has 1 heterocycles. The van der Waals surface area contributed by atoms with Crippen LogP contribution in [0.1, 0.15) is 24.8 Å². The van der Waals surface area contributed by atoms with Gasteiger partial charge in [0, 0.05) is 24.8 Å². The van der Waals surface area contributed by atoms with Gasteiger partial charge in [-0.1, -0.05) is 18.2 Å². The average molecular weight is 218 g/mol. The van der Waals surface area contributed by atoms with Gasteiger partial charge >= 0.3 is 0 Å². The molecule has 0 radical (unpaired) electrons. The van der Waals surface area contributed by atoms with Crippen molar-refractivity contribution in [3.05, 3.63) is 36.0 Å². The van der Waals surface area contributed by atoms with E-state index in [0.717, 1.165) is 6.54 Å². The van der Waals surface area contributed by atoms with Crippen molar-refractivity contribution in [2.75, 3.05) is 7.11 Å². The molecule has 1 unspecified atom stereocenters. The van der Waals surface area contributed by atoms with Gasteiger partial charge in [0.25, 0.3) is 0 Å². The Bertz CT molecular complexity index is 345. The lowest BCUT2D eigenvalue weighted by Gasteiger charge is -2.17. The number of allylic oxidation sites excluding steroid dienone is 1. The fourth-order valence-corrected chi connectivity index (χ4v) is 1.87. The lowest BCUT2D eigenvalue weighted by Crippen LogP contribution is -2.27. The van der Waals surface area contributed by atoms with Gasteiger partial charge in [-0.3, -0.25) is 0 Å². The molecular formula is C13H18N2O.